The topological polar surface area (TPSA) is 73.1 Å². The molecule has 1 heterocycles. The van der Waals surface area contributed by atoms with Gasteiger partial charge in [-0.25, -0.2) is 18.5 Å². The summed E-state index contributed by atoms with van der Waals surface area (Å²) < 4.78 is 21.9. The van der Waals surface area contributed by atoms with Gasteiger partial charge in [-0.15, -0.1) is 0 Å². The van der Waals surface area contributed by atoms with Crippen LogP contribution in [-0.2, 0) is 10.0 Å². The van der Waals surface area contributed by atoms with Crippen LogP contribution in [0.1, 0.15) is 0 Å². The third-order valence-electron chi connectivity index (χ3n) is 1.03. The number of hydrogen-bond donors (Lipinski definition) is 1. The molecule has 0 radical (unpaired) electrons. The van der Waals surface area contributed by atoms with Crippen LogP contribution in [0.4, 0.5) is 0 Å². The van der Waals surface area contributed by atoms with E-state index in [0.29, 0.717) is 4.60 Å². The Balaban J connectivity index is 3.28. The molecule has 0 fully saturated rings. The molecule has 0 aliphatic heterocycles. The van der Waals surface area contributed by atoms with Gasteiger partial charge in [-0.2, -0.15) is 0 Å². The zero-order valence-corrected chi connectivity index (χ0v) is 7.76. The van der Waals surface area contributed by atoms with E-state index in [1.54, 1.807) is 0 Å². The lowest BCUT2D eigenvalue weighted by atomic mass is 10.5. The molecule has 0 atom stereocenters. The van der Waals surface area contributed by atoms with Gasteiger partial charge in [0.15, 0.2) is 0 Å². The van der Waals surface area contributed by atoms with E-state index in [-0.39, 0.29) is 4.90 Å². The summed E-state index contributed by atoms with van der Waals surface area (Å²) in [5, 5.41) is 4.85. The average molecular weight is 237 g/mol. The fourth-order valence-corrected chi connectivity index (χ4v) is 1.60. The Morgan fingerprint density at radius 2 is 2.18 bits per heavy atom. The number of nitrogens with zero attached hydrogens (tertiary/aromatic N) is 1. The van der Waals surface area contributed by atoms with Crippen molar-refractivity contribution in [3.63, 3.8) is 0 Å². The van der Waals surface area contributed by atoms with Gasteiger partial charge in [-0.3, -0.25) is 0 Å². The Bertz CT molecular complexity index is 363. The zero-order chi connectivity index (χ0) is 8.48. The molecule has 0 aromatic carbocycles. The molecule has 11 heavy (non-hydrogen) atoms. The van der Waals surface area contributed by atoms with Gasteiger partial charge < -0.3 is 0 Å². The van der Waals surface area contributed by atoms with Crippen LogP contribution >= 0.6 is 15.9 Å². The summed E-state index contributed by atoms with van der Waals surface area (Å²) in [5.74, 6) is 0. The Labute approximate surface area is 72.6 Å². The molecule has 1 aromatic heterocycles. The van der Waals surface area contributed by atoms with Crippen LogP contribution < -0.4 is 5.14 Å². The second-order valence-corrected chi connectivity index (χ2v) is 4.23. The average Bonchev–Trinajstić information content (AvgIpc) is 1.86. The summed E-state index contributed by atoms with van der Waals surface area (Å²) in [5.41, 5.74) is 0. The van der Waals surface area contributed by atoms with E-state index in [1.807, 2.05) is 0 Å². The number of rotatable bonds is 1. The maximum Gasteiger partial charge on any atom is 0.238 e. The molecular weight excluding hydrogens is 232 g/mol. The number of sulfonamides is 1. The maximum atomic E-state index is 10.7. The Morgan fingerprint density at radius 1 is 1.55 bits per heavy atom. The molecule has 60 valence electrons. The summed E-state index contributed by atoms with van der Waals surface area (Å²) in [6.45, 7) is 0. The van der Waals surface area contributed by atoms with E-state index >= 15 is 0 Å². The first kappa shape index (κ1) is 8.63. The van der Waals surface area contributed by atoms with Gasteiger partial charge >= 0.3 is 0 Å². The van der Waals surface area contributed by atoms with Gasteiger partial charge in [0.2, 0.25) is 10.0 Å². The third kappa shape index (κ3) is 2.25. The summed E-state index contributed by atoms with van der Waals surface area (Å²) in [6, 6.07) is 2.68. The monoisotopic (exact) mass is 236 g/mol. The second kappa shape index (κ2) is 2.88. The normalized spacial score (nSPS) is 11.5. The predicted octanol–water partition coefficient (Wildman–Crippen LogP) is 0.492. The highest BCUT2D eigenvalue weighted by atomic mass is 79.9. The number of aromatic nitrogens is 1. The molecule has 0 unspecified atom stereocenters. The Kier molecular flexibility index (Phi) is 2.26. The number of primary sulfonamides is 1. The highest BCUT2D eigenvalue weighted by Crippen LogP contribution is 2.10. The van der Waals surface area contributed by atoms with E-state index in [2.05, 4.69) is 20.9 Å². The van der Waals surface area contributed by atoms with Crippen LogP contribution in [0.5, 0.6) is 0 Å². The van der Waals surface area contributed by atoms with Crippen molar-refractivity contribution in [1.82, 2.24) is 4.98 Å². The van der Waals surface area contributed by atoms with Crippen molar-refractivity contribution < 1.29 is 8.42 Å². The number of halogens is 1. The van der Waals surface area contributed by atoms with Gasteiger partial charge in [0.1, 0.15) is 4.60 Å². The lowest BCUT2D eigenvalue weighted by molar-refractivity contribution is 0.597. The van der Waals surface area contributed by atoms with Crippen molar-refractivity contribution in [3.05, 3.63) is 22.9 Å². The first-order valence-corrected chi connectivity index (χ1v) is 4.98. The largest absolute Gasteiger partial charge is 0.249 e. The lowest BCUT2D eigenvalue weighted by Gasteiger charge is -1.95. The minimum Gasteiger partial charge on any atom is -0.249 e. The van der Waals surface area contributed by atoms with Crippen LogP contribution in [0.3, 0.4) is 0 Å². The molecule has 6 heteroatoms. The molecule has 0 bridgehead atoms. The van der Waals surface area contributed by atoms with Gasteiger partial charge in [-0.05, 0) is 28.1 Å². The van der Waals surface area contributed by atoms with Gasteiger partial charge in [0, 0.05) is 6.20 Å². The van der Waals surface area contributed by atoms with E-state index in [1.165, 1.54) is 18.3 Å². The van der Waals surface area contributed by atoms with E-state index in [0.717, 1.165) is 0 Å². The summed E-state index contributed by atoms with van der Waals surface area (Å²) in [4.78, 5) is 3.80. The molecule has 0 saturated heterocycles. The van der Waals surface area contributed by atoms with Crippen molar-refractivity contribution in [2.24, 2.45) is 5.14 Å². The SMILES string of the molecule is NS(=O)(=O)c1ccnc(Br)c1. The maximum absolute atomic E-state index is 10.7. The number of nitrogens with two attached hydrogens (primary N) is 1. The van der Waals surface area contributed by atoms with Crippen LogP contribution in [0.25, 0.3) is 0 Å². The van der Waals surface area contributed by atoms with Gasteiger partial charge in [0.05, 0.1) is 4.90 Å². The zero-order valence-electron chi connectivity index (χ0n) is 5.36. The van der Waals surface area contributed by atoms with Gasteiger partial charge in [-0.1, -0.05) is 0 Å². The third-order valence-corrected chi connectivity index (χ3v) is 2.37. The molecule has 0 aliphatic rings. The summed E-state index contributed by atoms with van der Waals surface area (Å²) >= 11 is 3.02. The molecule has 0 saturated carbocycles. The molecule has 4 nitrogen and oxygen atoms in total. The van der Waals surface area contributed by atoms with Crippen LogP contribution in [0.2, 0.25) is 0 Å². The smallest absolute Gasteiger partial charge is 0.238 e. The van der Waals surface area contributed by atoms with Crippen LogP contribution in [0.15, 0.2) is 27.8 Å². The molecule has 1 rings (SSSR count). The van der Waals surface area contributed by atoms with E-state index < -0.39 is 10.0 Å². The van der Waals surface area contributed by atoms with Crippen molar-refractivity contribution >= 4 is 26.0 Å². The molecule has 0 spiro atoms. The Morgan fingerprint density at radius 3 is 2.55 bits per heavy atom. The van der Waals surface area contributed by atoms with E-state index in [9.17, 15) is 8.42 Å². The van der Waals surface area contributed by atoms with Crippen molar-refractivity contribution in [1.29, 1.82) is 0 Å². The fourth-order valence-electron chi connectivity index (χ4n) is 0.562. The van der Waals surface area contributed by atoms with Crippen molar-refractivity contribution in [2.45, 2.75) is 4.90 Å². The quantitative estimate of drug-likeness (QED) is 0.722. The van der Waals surface area contributed by atoms with Gasteiger partial charge in [0.25, 0.3) is 0 Å². The van der Waals surface area contributed by atoms with E-state index in [4.69, 9.17) is 5.14 Å². The summed E-state index contributed by atoms with van der Waals surface area (Å²) in [6.07, 6.45) is 1.36. The molecular formula is C5H5BrN2O2S. The predicted molar refractivity (Wildman–Crippen MR) is 43.3 cm³/mol. The van der Waals surface area contributed by atoms with Crippen LogP contribution in [0, 0.1) is 0 Å². The lowest BCUT2D eigenvalue weighted by Crippen LogP contribution is -2.11. The molecule has 0 amide bonds. The standard InChI is InChI=1S/C5H5BrN2O2S/c6-5-3-4(1-2-8-5)11(7,9)10/h1-3H,(H2,7,9,10). The second-order valence-electron chi connectivity index (χ2n) is 1.86. The molecule has 1 aromatic rings. The fraction of sp³-hybridized carbons (Fsp3) is 0. The highest BCUT2D eigenvalue weighted by molar-refractivity contribution is 9.10. The molecule has 2 N–H and O–H groups in total. The number of pyridine rings is 1. The van der Waals surface area contributed by atoms with Crippen molar-refractivity contribution in [3.8, 4) is 0 Å². The first-order chi connectivity index (χ1) is 5.00. The summed E-state index contributed by atoms with van der Waals surface area (Å²) in [7, 11) is -3.60. The first-order valence-electron chi connectivity index (χ1n) is 2.64. The number of hydrogen-bond acceptors (Lipinski definition) is 3. The van der Waals surface area contributed by atoms with Crippen LogP contribution in [-0.4, -0.2) is 13.4 Å². The minimum absolute atomic E-state index is 0.0550. The highest BCUT2D eigenvalue weighted by Gasteiger charge is 2.06. The Hall–Kier alpha value is -0.460. The van der Waals surface area contributed by atoms with Crippen molar-refractivity contribution in [2.75, 3.05) is 0 Å². The molecule has 0 aliphatic carbocycles. The minimum atomic E-state index is -3.60.